The van der Waals surface area contributed by atoms with Crippen molar-refractivity contribution in [1.82, 2.24) is 15.3 Å². The zero-order chi connectivity index (χ0) is 20.3. The summed E-state index contributed by atoms with van der Waals surface area (Å²) in [6, 6.07) is 7.49. The van der Waals surface area contributed by atoms with Crippen LogP contribution in [-0.2, 0) is 6.54 Å². The Kier molecular flexibility index (Phi) is 5.73. The highest BCUT2D eigenvalue weighted by Gasteiger charge is 2.18. The SMILES string of the molecule is C#Cc1cc(N)cc(Oc2c(Cl)ccc(CNC(=O)c3nc[nH]c3Cl)c2F)c1. The van der Waals surface area contributed by atoms with Gasteiger partial charge < -0.3 is 20.8 Å². The zero-order valence-corrected chi connectivity index (χ0v) is 15.7. The number of anilines is 1. The van der Waals surface area contributed by atoms with Gasteiger partial charge in [-0.25, -0.2) is 9.37 Å². The summed E-state index contributed by atoms with van der Waals surface area (Å²) in [5, 5.41) is 2.67. The molecule has 3 aromatic rings. The molecule has 0 aliphatic rings. The van der Waals surface area contributed by atoms with E-state index in [0.29, 0.717) is 11.3 Å². The highest BCUT2D eigenvalue weighted by atomic mass is 35.5. The number of aromatic amines is 1. The molecule has 0 saturated heterocycles. The Morgan fingerprint density at radius 3 is 2.82 bits per heavy atom. The maximum atomic E-state index is 14.9. The molecule has 0 atom stereocenters. The number of amides is 1. The summed E-state index contributed by atoms with van der Waals surface area (Å²) in [7, 11) is 0. The third-order valence-corrected chi connectivity index (χ3v) is 4.28. The number of rotatable bonds is 5. The number of aromatic nitrogens is 2. The number of nitrogens with zero attached hydrogens (tertiary/aromatic N) is 1. The number of nitrogens with one attached hydrogen (secondary N) is 2. The molecule has 0 saturated carbocycles. The van der Waals surface area contributed by atoms with E-state index < -0.39 is 11.7 Å². The summed E-state index contributed by atoms with van der Waals surface area (Å²) >= 11 is 11.9. The molecule has 0 bridgehead atoms. The Balaban J connectivity index is 1.82. The van der Waals surface area contributed by atoms with E-state index in [-0.39, 0.29) is 39.5 Å². The van der Waals surface area contributed by atoms with Crippen molar-refractivity contribution in [3.05, 3.63) is 69.5 Å². The minimum atomic E-state index is -0.731. The molecule has 0 spiro atoms. The highest BCUT2D eigenvalue weighted by molar-refractivity contribution is 6.32. The molecule has 2 aromatic carbocycles. The van der Waals surface area contributed by atoms with Crippen molar-refractivity contribution in [3.8, 4) is 23.8 Å². The van der Waals surface area contributed by atoms with E-state index in [0.717, 1.165) is 0 Å². The monoisotopic (exact) mass is 418 g/mol. The summed E-state index contributed by atoms with van der Waals surface area (Å²) in [6.45, 7) is -0.131. The van der Waals surface area contributed by atoms with Gasteiger partial charge >= 0.3 is 0 Å². The number of carbonyl (C=O) groups excluding carboxylic acids is 1. The number of H-pyrrole nitrogens is 1. The lowest BCUT2D eigenvalue weighted by molar-refractivity contribution is 0.0946. The highest BCUT2D eigenvalue weighted by Crippen LogP contribution is 2.35. The molecule has 0 unspecified atom stereocenters. The number of imidazole rings is 1. The smallest absolute Gasteiger partial charge is 0.273 e. The molecule has 3 rings (SSSR count). The molecule has 142 valence electrons. The average Bonchev–Trinajstić information content (AvgIpc) is 3.09. The Bertz CT molecular complexity index is 1090. The van der Waals surface area contributed by atoms with Crippen molar-refractivity contribution >= 4 is 34.8 Å². The van der Waals surface area contributed by atoms with Crippen LogP contribution in [0.25, 0.3) is 0 Å². The molecule has 0 radical (unpaired) electrons. The maximum Gasteiger partial charge on any atom is 0.273 e. The number of halogens is 3. The molecule has 0 aliphatic carbocycles. The predicted molar refractivity (Wildman–Crippen MR) is 105 cm³/mol. The second kappa shape index (κ2) is 8.21. The molecule has 1 aromatic heterocycles. The lowest BCUT2D eigenvalue weighted by Crippen LogP contribution is -2.24. The quantitative estimate of drug-likeness (QED) is 0.428. The van der Waals surface area contributed by atoms with Gasteiger partial charge in [0.15, 0.2) is 17.3 Å². The van der Waals surface area contributed by atoms with Crippen LogP contribution in [0.3, 0.4) is 0 Å². The number of nitrogen functional groups attached to an aromatic ring is 1. The molecule has 6 nitrogen and oxygen atoms in total. The molecular weight excluding hydrogens is 406 g/mol. The number of hydrogen-bond acceptors (Lipinski definition) is 4. The molecule has 1 amide bonds. The Hall–Kier alpha value is -3.21. The van der Waals surface area contributed by atoms with Gasteiger partial charge in [-0.15, -0.1) is 6.42 Å². The van der Waals surface area contributed by atoms with Crippen LogP contribution < -0.4 is 15.8 Å². The lowest BCUT2D eigenvalue weighted by Gasteiger charge is -2.13. The van der Waals surface area contributed by atoms with Crippen molar-refractivity contribution < 1.29 is 13.9 Å². The van der Waals surface area contributed by atoms with Gasteiger partial charge in [0.1, 0.15) is 10.9 Å². The van der Waals surface area contributed by atoms with Crippen molar-refractivity contribution in [3.63, 3.8) is 0 Å². The third-order valence-electron chi connectivity index (χ3n) is 3.69. The minimum Gasteiger partial charge on any atom is -0.453 e. The van der Waals surface area contributed by atoms with Gasteiger partial charge in [-0.2, -0.15) is 0 Å². The summed E-state index contributed by atoms with van der Waals surface area (Å²) in [5.74, 6) is 1.17. The standard InChI is InChI=1S/C19H13Cl2FN4O2/c1-2-10-5-12(23)7-13(6-10)28-17-14(20)4-3-11(15(17)22)8-24-19(27)16-18(21)26-9-25-16/h1,3-7,9H,8,23H2,(H,24,27)(H,25,26). The number of nitrogens with two attached hydrogens (primary N) is 1. The van der Waals surface area contributed by atoms with Crippen molar-refractivity contribution in [2.24, 2.45) is 0 Å². The molecule has 4 N–H and O–H groups in total. The Morgan fingerprint density at radius 2 is 2.14 bits per heavy atom. The van der Waals surface area contributed by atoms with Crippen LogP contribution in [0.4, 0.5) is 10.1 Å². The zero-order valence-electron chi connectivity index (χ0n) is 14.2. The third kappa shape index (κ3) is 4.19. The predicted octanol–water partition coefficient (Wildman–Crippen LogP) is 4.14. The first-order valence-corrected chi connectivity index (χ1v) is 8.63. The lowest BCUT2D eigenvalue weighted by atomic mass is 10.1. The van der Waals surface area contributed by atoms with Crippen LogP contribution in [0.5, 0.6) is 11.5 Å². The first-order chi connectivity index (χ1) is 13.4. The molecular formula is C19H13Cl2FN4O2. The second-order valence-corrected chi connectivity index (χ2v) is 6.42. The summed E-state index contributed by atoms with van der Waals surface area (Å²) < 4.78 is 20.5. The largest absolute Gasteiger partial charge is 0.453 e. The number of carbonyl (C=O) groups is 1. The second-order valence-electron chi connectivity index (χ2n) is 5.63. The topological polar surface area (TPSA) is 93.0 Å². The van der Waals surface area contributed by atoms with Crippen LogP contribution >= 0.6 is 23.2 Å². The van der Waals surface area contributed by atoms with Crippen LogP contribution in [0, 0.1) is 18.2 Å². The van der Waals surface area contributed by atoms with Crippen LogP contribution in [-0.4, -0.2) is 15.9 Å². The first-order valence-electron chi connectivity index (χ1n) is 7.88. The van der Waals surface area contributed by atoms with E-state index in [9.17, 15) is 9.18 Å². The van der Waals surface area contributed by atoms with E-state index in [1.807, 2.05) is 0 Å². The Morgan fingerprint density at radius 1 is 1.36 bits per heavy atom. The number of ether oxygens (including phenoxy) is 1. The Labute approximate surface area is 169 Å². The summed E-state index contributed by atoms with van der Waals surface area (Å²) in [4.78, 5) is 18.4. The number of terminal acetylenes is 1. The molecule has 28 heavy (non-hydrogen) atoms. The molecule has 9 heteroatoms. The van der Waals surface area contributed by atoms with Gasteiger partial charge in [0.25, 0.3) is 5.91 Å². The van der Waals surface area contributed by atoms with E-state index >= 15 is 0 Å². The normalized spacial score (nSPS) is 10.4. The van der Waals surface area contributed by atoms with Gasteiger partial charge in [0.2, 0.25) is 0 Å². The van der Waals surface area contributed by atoms with Gasteiger partial charge in [0.05, 0.1) is 11.3 Å². The van der Waals surface area contributed by atoms with Crippen molar-refractivity contribution in [2.45, 2.75) is 6.54 Å². The molecule has 1 heterocycles. The van der Waals surface area contributed by atoms with E-state index in [4.69, 9.17) is 40.1 Å². The molecule has 0 fully saturated rings. The van der Waals surface area contributed by atoms with Crippen LogP contribution in [0.2, 0.25) is 10.2 Å². The number of hydrogen-bond donors (Lipinski definition) is 3. The van der Waals surface area contributed by atoms with Crippen LogP contribution in [0.1, 0.15) is 21.6 Å². The van der Waals surface area contributed by atoms with Crippen LogP contribution in [0.15, 0.2) is 36.7 Å². The van der Waals surface area contributed by atoms with E-state index in [1.54, 1.807) is 6.07 Å². The fraction of sp³-hybridized carbons (Fsp3) is 0.0526. The van der Waals surface area contributed by atoms with Gasteiger partial charge in [-0.3, -0.25) is 4.79 Å². The fourth-order valence-electron chi connectivity index (χ4n) is 2.38. The van der Waals surface area contributed by atoms with Crippen molar-refractivity contribution in [1.29, 1.82) is 0 Å². The van der Waals surface area contributed by atoms with E-state index in [2.05, 4.69) is 21.2 Å². The van der Waals surface area contributed by atoms with Gasteiger partial charge in [-0.05, 0) is 18.2 Å². The van der Waals surface area contributed by atoms with E-state index in [1.165, 1.54) is 30.6 Å². The number of benzene rings is 2. The molecule has 0 aliphatic heterocycles. The summed E-state index contributed by atoms with van der Waals surface area (Å²) in [5.41, 5.74) is 6.77. The maximum absolute atomic E-state index is 14.9. The first kappa shape index (κ1) is 19.5. The van der Waals surface area contributed by atoms with Gasteiger partial charge in [-0.1, -0.05) is 35.2 Å². The summed E-state index contributed by atoms with van der Waals surface area (Å²) in [6.07, 6.45) is 6.65. The average molecular weight is 419 g/mol. The van der Waals surface area contributed by atoms with Crippen molar-refractivity contribution in [2.75, 3.05) is 5.73 Å². The minimum absolute atomic E-state index is 0.00841. The van der Waals surface area contributed by atoms with Gasteiger partial charge in [0, 0.05) is 29.4 Å². The fourth-order valence-corrected chi connectivity index (χ4v) is 2.75.